The third-order valence-electron chi connectivity index (χ3n) is 3.67. The van der Waals surface area contributed by atoms with Gasteiger partial charge in [0, 0.05) is 6.61 Å². The minimum absolute atomic E-state index is 0.318. The highest BCUT2D eigenvalue weighted by molar-refractivity contribution is 5.04. The fourth-order valence-electron chi connectivity index (χ4n) is 3.02. The van der Waals surface area contributed by atoms with Crippen LogP contribution in [0.4, 0.5) is 0 Å². The highest BCUT2D eigenvalue weighted by atomic mass is 16.5. The van der Waals surface area contributed by atoms with Crippen molar-refractivity contribution < 1.29 is 4.74 Å². The lowest BCUT2D eigenvalue weighted by atomic mass is 9.57. The zero-order valence-electron chi connectivity index (χ0n) is 8.52. The van der Waals surface area contributed by atoms with E-state index >= 15 is 0 Å². The maximum absolute atomic E-state index is 5.92. The van der Waals surface area contributed by atoms with Crippen molar-refractivity contribution in [2.45, 2.75) is 52.1 Å². The van der Waals surface area contributed by atoms with Gasteiger partial charge in [-0.2, -0.15) is 0 Å². The maximum atomic E-state index is 5.92. The maximum Gasteiger partial charge on any atom is 0.0716 e. The summed E-state index contributed by atoms with van der Waals surface area (Å²) >= 11 is 0. The van der Waals surface area contributed by atoms with Crippen LogP contribution >= 0.6 is 0 Å². The summed E-state index contributed by atoms with van der Waals surface area (Å²) in [7, 11) is 0. The predicted octanol–water partition coefficient (Wildman–Crippen LogP) is 2.99. The van der Waals surface area contributed by atoms with Crippen LogP contribution in [0.25, 0.3) is 0 Å². The molecule has 2 rings (SSSR count). The molecule has 1 spiro atoms. The van der Waals surface area contributed by atoms with E-state index in [1.165, 1.54) is 25.7 Å². The van der Waals surface area contributed by atoms with Gasteiger partial charge in [-0.1, -0.05) is 20.8 Å². The summed E-state index contributed by atoms with van der Waals surface area (Å²) in [6.07, 6.45) is 5.29. The second kappa shape index (κ2) is 2.47. The molecule has 1 nitrogen and oxygen atoms in total. The van der Waals surface area contributed by atoms with Gasteiger partial charge in [-0.3, -0.25) is 0 Å². The summed E-state index contributed by atoms with van der Waals surface area (Å²) < 4.78 is 5.92. The topological polar surface area (TPSA) is 9.23 Å². The van der Waals surface area contributed by atoms with E-state index in [-0.39, 0.29) is 0 Å². The quantitative estimate of drug-likeness (QED) is 0.540. The van der Waals surface area contributed by atoms with Crippen LogP contribution in [0, 0.1) is 11.3 Å². The van der Waals surface area contributed by atoms with Gasteiger partial charge in [-0.05, 0) is 37.0 Å². The van der Waals surface area contributed by atoms with Crippen molar-refractivity contribution in [3.63, 3.8) is 0 Å². The molecule has 12 heavy (non-hydrogen) atoms. The Morgan fingerprint density at radius 3 is 2.33 bits per heavy atom. The molecule has 2 atom stereocenters. The van der Waals surface area contributed by atoms with Gasteiger partial charge in [-0.15, -0.1) is 0 Å². The van der Waals surface area contributed by atoms with E-state index in [1.807, 2.05) is 0 Å². The van der Waals surface area contributed by atoms with Crippen molar-refractivity contribution in [1.29, 1.82) is 0 Å². The molecule has 0 bridgehead atoms. The zero-order valence-corrected chi connectivity index (χ0v) is 8.52. The van der Waals surface area contributed by atoms with Crippen molar-refractivity contribution >= 4 is 0 Å². The lowest BCUT2D eigenvalue weighted by Gasteiger charge is -2.52. The molecular weight excluding hydrogens is 148 g/mol. The largest absolute Gasteiger partial charge is 0.375 e. The van der Waals surface area contributed by atoms with E-state index in [9.17, 15) is 0 Å². The van der Waals surface area contributed by atoms with E-state index < -0.39 is 0 Å². The molecule has 0 N–H and O–H groups in total. The first-order chi connectivity index (χ1) is 5.55. The van der Waals surface area contributed by atoms with E-state index in [1.54, 1.807) is 0 Å². The number of ether oxygens (including phenoxy) is 1. The van der Waals surface area contributed by atoms with Gasteiger partial charge in [0.05, 0.1) is 5.60 Å². The van der Waals surface area contributed by atoms with E-state index in [2.05, 4.69) is 20.8 Å². The monoisotopic (exact) mass is 168 g/mol. The molecule has 1 aliphatic carbocycles. The predicted molar refractivity (Wildman–Crippen MR) is 50.1 cm³/mol. The van der Waals surface area contributed by atoms with Crippen LogP contribution in [0.3, 0.4) is 0 Å². The van der Waals surface area contributed by atoms with E-state index in [4.69, 9.17) is 4.74 Å². The minimum atomic E-state index is 0.318. The molecule has 2 unspecified atom stereocenters. The van der Waals surface area contributed by atoms with Crippen LogP contribution in [-0.2, 0) is 4.74 Å². The first kappa shape index (κ1) is 8.55. The normalized spacial score (nSPS) is 41.8. The molecule has 2 aliphatic rings. The van der Waals surface area contributed by atoms with Gasteiger partial charge in [0.1, 0.15) is 0 Å². The highest BCUT2D eigenvalue weighted by Gasteiger charge is 2.53. The Bertz CT molecular complexity index is 172. The SMILES string of the molecule is CC(C)(C)C1CCC12CCCO2. The van der Waals surface area contributed by atoms with Gasteiger partial charge in [0.2, 0.25) is 0 Å². The first-order valence-corrected chi connectivity index (χ1v) is 5.19. The number of hydrogen-bond donors (Lipinski definition) is 0. The molecule has 1 aliphatic heterocycles. The Balaban J connectivity index is 2.09. The summed E-state index contributed by atoms with van der Waals surface area (Å²) in [5, 5.41) is 0. The van der Waals surface area contributed by atoms with Gasteiger partial charge in [0.15, 0.2) is 0 Å². The summed E-state index contributed by atoms with van der Waals surface area (Å²) in [6.45, 7) is 8.05. The van der Waals surface area contributed by atoms with Crippen molar-refractivity contribution in [2.75, 3.05) is 6.61 Å². The molecule has 0 amide bonds. The Hall–Kier alpha value is -0.0400. The second-order valence-corrected chi connectivity index (χ2v) is 5.47. The van der Waals surface area contributed by atoms with Gasteiger partial charge in [0.25, 0.3) is 0 Å². The molecule has 1 saturated heterocycles. The van der Waals surface area contributed by atoms with Gasteiger partial charge >= 0.3 is 0 Å². The molecule has 1 heterocycles. The Morgan fingerprint density at radius 2 is 2.00 bits per heavy atom. The van der Waals surface area contributed by atoms with Crippen LogP contribution < -0.4 is 0 Å². The van der Waals surface area contributed by atoms with Crippen LogP contribution in [0.2, 0.25) is 0 Å². The van der Waals surface area contributed by atoms with Crippen molar-refractivity contribution in [2.24, 2.45) is 11.3 Å². The smallest absolute Gasteiger partial charge is 0.0716 e. The highest BCUT2D eigenvalue weighted by Crippen LogP contribution is 2.55. The van der Waals surface area contributed by atoms with E-state index in [0.717, 1.165) is 12.5 Å². The fraction of sp³-hybridized carbons (Fsp3) is 1.00. The Morgan fingerprint density at radius 1 is 1.25 bits per heavy atom. The van der Waals surface area contributed by atoms with Crippen LogP contribution in [-0.4, -0.2) is 12.2 Å². The van der Waals surface area contributed by atoms with Crippen molar-refractivity contribution in [3.05, 3.63) is 0 Å². The summed E-state index contributed by atoms with van der Waals surface area (Å²) in [5.74, 6) is 0.812. The summed E-state index contributed by atoms with van der Waals surface area (Å²) in [6, 6.07) is 0. The number of hydrogen-bond acceptors (Lipinski definition) is 1. The third-order valence-corrected chi connectivity index (χ3v) is 3.67. The average Bonchev–Trinajstić information content (AvgIpc) is 2.28. The zero-order chi connectivity index (χ0) is 8.82. The lowest BCUT2D eigenvalue weighted by molar-refractivity contribution is -0.147. The summed E-state index contributed by atoms with van der Waals surface area (Å²) in [5.41, 5.74) is 0.765. The van der Waals surface area contributed by atoms with Crippen LogP contribution in [0.15, 0.2) is 0 Å². The second-order valence-electron chi connectivity index (χ2n) is 5.47. The third kappa shape index (κ3) is 1.10. The van der Waals surface area contributed by atoms with E-state index in [0.29, 0.717) is 11.0 Å². The van der Waals surface area contributed by atoms with Crippen molar-refractivity contribution in [3.8, 4) is 0 Å². The molecule has 1 heteroatoms. The Labute approximate surface area is 75.5 Å². The molecular formula is C11H20O. The molecule has 0 aromatic rings. The molecule has 70 valence electrons. The van der Waals surface area contributed by atoms with Crippen LogP contribution in [0.5, 0.6) is 0 Å². The molecule has 1 saturated carbocycles. The van der Waals surface area contributed by atoms with Crippen molar-refractivity contribution in [1.82, 2.24) is 0 Å². The van der Waals surface area contributed by atoms with Crippen LogP contribution in [0.1, 0.15) is 46.5 Å². The first-order valence-electron chi connectivity index (χ1n) is 5.19. The summed E-state index contributed by atoms with van der Waals surface area (Å²) in [4.78, 5) is 0. The molecule has 0 aromatic carbocycles. The molecule has 2 fully saturated rings. The minimum Gasteiger partial charge on any atom is -0.375 e. The standard InChI is InChI=1S/C11H20O/c1-10(2,3)9-5-7-11(9)6-4-8-12-11/h9H,4-8H2,1-3H3. The molecule has 0 aromatic heterocycles. The number of rotatable bonds is 0. The fourth-order valence-corrected chi connectivity index (χ4v) is 3.02. The Kier molecular flexibility index (Phi) is 1.76. The molecule has 0 radical (unpaired) electrons. The van der Waals surface area contributed by atoms with Gasteiger partial charge in [-0.25, -0.2) is 0 Å². The lowest BCUT2D eigenvalue weighted by Crippen LogP contribution is -2.52. The average molecular weight is 168 g/mol. The van der Waals surface area contributed by atoms with Gasteiger partial charge < -0.3 is 4.74 Å².